The predicted molar refractivity (Wildman–Crippen MR) is 49.9 cm³/mol. The zero-order valence-electron chi connectivity index (χ0n) is 7.90. The van der Waals surface area contributed by atoms with Gasteiger partial charge in [0.2, 0.25) is 5.95 Å². The van der Waals surface area contributed by atoms with Crippen molar-refractivity contribution in [3.05, 3.63) is 5.82 Å². The molecule has 1 fully saturated rings. The minimum absolute atomic E-state index is 0.372. The van der Waals surface area contributed by atoms with Crippen LogP contribution in [0.2, 0.25) is 0 Å². The predicted octanol–water partition coefficient (Wildman–Crippen LogP) is -0.00690. The first kappa shape index (κ1) is 8.50. The summed E-state index contributed by atoms with van der Waals surface area (Å²) in [6.45, 7) is 3.22. The average Bonchev–Trinajstić information content (AvgIpc) is 2.63. The fraction of sp³-hybridized carbons (Fsp3) is 0.750. The van der Waals surface area contributed by atoms with Crippen LogP contribution in [0.3, 0.4) is 0 Å². The molecule has 13 heavy (non-hydrogen) atoms. The Balaban J connectivity index is 2.03. The summed E-state index contributed by atoms with van der Waals surface area (Å²) in [6, 6.07) is 0. The number of likely N-dealkylation sites (tertiary alicyclic amines) is 1. The lowest BCUT2D eigenvalue weighted by Gasteiger charge is -2.12. The van der Waals surface area contributed by atoms with Gasteiger partial charge in [-0.05, 0) is 25.9 Å². The van der Waals surface area contributed by atoms with Gasteiger partial charge in [-0.25, -0.2) is 4.68 Å². The van der Waals surface area contributed by atoms with Crippen LogP contribution in [0.1, 0.15) is 18.7 Å². The zero-order valence-corrected chi connectivity index (χ0v) is 7.90. The summed E-state index contributed by atoms with van der Waals surface area (Å²) in [5.74, 6) is 1.33. The van der Waals surface area contributed by atoms with E-state index in [0.717, 1.165) is 12.4 Å². The molecule has 0 saturated carbocycles. The molecule has 2 heterocycles. The van der Waals surface area contributed by atoms with Gasteiger partial charge in [-0.2, -0.15) is 4.98 Å². The van der Waals surface area contributed by atoms with E-state index in [1.165, 1.54) is 25.9 Å². The van der Waals surface area contributed by atoms with Crippen molar-refractivity contribution in [2.24, 2.45) is 7.05 Å². The Kier molecular flexibility index (Phi) is 2.18. The highest BCUT2D eigenvalue weighted by molar-refractivity contribution is 5.13. The van der Waals surface area contributed by atoms with Crippen molar-refractivity contribution in [2.75, 3.05) is 18.8 Å². The second kappa shape index (κ2) is 3.33. The molecule has 0 atom stereocenters. The maximum absolute atomic E-state index is 5.49. The molecule has 0 aliphatic carbocycles. The van der Waals surface area contributed by atoms with Crippen LogP contribution >= 0.6 is 0 Å². The van der Waals surface area contributed by atoms with Gasteiger partial charge in [0, 0.05) is 7.05 Å². The van der Waals surface area contributed by atoms with Gasteiger partial charge in [0.15, 0.2) is 0 Å². The second-order valence-corrected chi connectivity index (χ2v) is 3.49. The molecular formula is C8H15N5. The Morgan fingerprint density at radius 1 is 1.38 bits per heavy atom. The van der Waals surface area contributed by atoms with Gasteiger partial charge in [0.05, 0.1) is 6.54 Å². The highest BCUT2D eigenvalue weighted by Crippen LogP contribution is 2.11. The fourth-order valence-corrected chi connectivity index (χ4v) is 1.72. The van der Waals surface area contributed by atoms with E-state index in [2.05, 4.69) is 15.0 Å². The summed E-state index contributed by atoms with van der Waals surface area (Å²) in [6.07, 6.45) is 2.60. The Hall–Kier alpha value is -1.10. The van der Waals surface area contributed by atoms with Crippen LogP contribution in [0, 0.1) is 0 Å². The normalized spacial score (nSPS) is 18.2. The van der Waals surface area contributed by atoms with Crippen molar-refractivity contribution in [1.29, 1.82) is 0 Å². The molecule has 1 aliphatic rings. The van der Waals surface area contributed by atoms with E-state index >= 15 is 0 Å². The molecule has 1 aromatic heterocycles. The molecule has 1 aromatic rings. The molecule has 0 radical (unpaired) electrons. The van der Waals surface area contributed by atoms with E-state index in [1.54, 1.807) is 4.68 Å². The first-order valence-electron chi connectivity index (χ1n) is 4.63. The van der Waals surface area contributed by atoms with Gasteiger partial charge >= 0.3 is 0 Å². The molecule has 1 saturated heterocycles. The van der Waals surface area contributed by atoms with Crippen molar-refractivity contribution >= 4 is 5.95 Å². The summed E-state index contributed by atoms with van der Waals surface area (Å²) < 4.78 is 1.76. The molecule has 2 N–H and O–H groups in total. The molecule has 5 nitrogen and oxygen atoms in total. The largest absolute Gasteiger partial charge is 0.366 e. The van der Waals surface area contributed by atoms with Gasteiger partial charge in [-0.3, -0.25) is 4.90 Å². The lowest BCUT2D eigenvalue weighted by atomic mass is 10.4. The molecular weight excluding hydrogens is 166 g/mol. The number of hydrogen-bond acceptors (Lipinski definition) is 4. The molecule has 0 aromatic carbocycles. The molecule has 2 rings (SSSR count). The topological polar surface area (TPSA) is 60.0 Å². The Bertz CT molecular complexity index is 287. The smallest absolute Gasteiger partial charge is 0.239 e. The third-order valence-electron chi connectivity index (χ3n) is 2.43. The number of aryl methyl sites for hydroxylation is 1. The van der Waals surface area contributed by atoms with Gasteiger partial charge in [0.25, 0.3) is 0 Å². The summed E-state index contributed by atoms with van der Waals surface area (Å²) in [4.78, 5) is 6.54. The Morgan fingerprint density at radius 3 is 2.62 bits per heavy atom. The number of nitrogens with two attached hydrogens (primary N) is 1. The van der Waals surface area contributed by atoms with E-state index in [9.17, 15) is 0 Å². The van der Waals surface area contributed by atoms with E-state index in [-0.39, 0.29) is 0 Å². The van der Waals surface area contributed by atoms with Crippen LogP contribution in [0.5, 0.6) is 0 Å². The fourth-order valence-electron chi connectivity index (χ4n) is 1.72. The third kappa shape index (κ3) is 1.80. The minimum atomic E-state index is 0.372. The van der Waals surface area contributed by atoms with Crippen LogP contribution in [-0.2, 0) is 13.6 Å². The Morgan fingerprint density at radius 2 is 2.08 bits per heavy atom. The quantitative estimate of drug-likeness (QED) is 0.697. The van der Waals surface area contributed by atoms with Crippen molar-refractivity contribution in [2.45, 2.75) is 19.4 Å². The summed E-state index contributed by atoms with van der Waals surface area (Å²) >= 11 is 0. The number of nitrogen functional groups attached to an aromatic ring is 1. The van der Waals surface area contributed by atoms with Crippen molar-refractivity contribution < 1.29 is 0 Å². The maximum atomic E-state index is 5.49. The molecule has 1 aliphatic heterocycles. The van der Waals surface area contributed by atoms with Crippen LogP contribution in [0.4, 0.5) is 5.95 Å². The molecule has 5 heteroatoms. The van der Waals surface area contributed by atoms with Gasteiger partial charge in [-0.1, -0.05) is 0 Å². The standard InChI is InChI=1S/C8H15N5/c1-12-7(10-8(9)11-12)6-13-4-2-3-5-13/h2-6H2,1H3,(H2,9,11). The van der Waals surface area contributed by atoms with Crippen LogP contribution in [0.25, 0.3) is 0 Å². The highest BCUT2D eigenvalue weighted by atomic mass is 15.4. The van der Waals surface area contributed by atoms with E-state index in [0.29, 0.717) is 5.95 Å². The zero-order chi connectivity index (χ0) is 9.26. The first-order chi connectivity index (χ1) is 6.25. The van der Waals surface area contributed by atoms with E-state index in [4.69, 9.17) is 5.73 Å². The lowest BCUT2D eigenvalue weighted by Crippen LogP contribution is -2.20. The third-order valence-corrected chi connectivity index (χ3v) is 2.43. The van der Waals surface area contributed by atoms with Gasteiger partial charge in [0.1, 0.15) is 5.82 Å². The summed E-state index contributed by atoms with van der Waals surface area (Å²) in [7, 11) is 1.88. The Labute approximate surface area is 77.5 Å². The molecule has 0 unspecified atom stereocenters. The minimum Gasteiger partial charge on any atom is -0.366 e. The number of hydrogen-bond donors (Lipinski definition) is 1. The molecule has 72 valence electrons. The van der Waals surface area contributed by atoms with E-state index in [1.807, 2.05) is 7.05 Å². The monoisotopic (exact) mass is 181 g/mol. The molecule has 0 bridgehead atoms. The van der Waals surface area contributed by atoms with E-state index < -0.39 is 0 Å². The first-order valence-corrected chi connectivity index (χ1v) is 4.63. The van der Waals surface area contributed by atoms with Crippen LogP contribution in [0.15, 0.2) is 0 Å². The van der Waals surface area contributed by atoms with Gasteiger partial charge in [-0.15, -0.1) is 5.10 Å². The van der Waals surface area contributed by atoms with Crippen LogP contribution in [-0.4, -0.2) is 32.8 Å². The summed E-state index contributed by atoms with van der Waals surface area (Å²) in [5.41, 5.74) is 5.49. The maximum Gasteiger partial charge on any atom is 0.239 e. The number of nitrogens with zero attached hydrogens (tertiary/aromatic N) is 4. The van der Waals surface area contributed by atoms with Crippen molar-refractivity contribution in [3.8, 4) is 0 Å². The SMILES string of the molecule is Cn1nc(N)nc1CN1CCCC1. The summed E-state index contributed by atoms with van der Waals surface area (Å²) in [5, 5.41) is 4.01. The molecule has 0 spiro atoms. The number of anilines is 1. The highest BCUT2D eigenvalue weighted by Gasteiger charge is 2.14. The van der Waals surface area contributed by atoms with Gasteiger partial charge < -0.3 is 5.73 Å². The van der Waals surface area contributed by atoms with Crippen LogP contribution < -0.4 is 5.73 Å². The lowest BCUT2D eigenvalue weighted by molar-refractivity contribution is 0.317. The molecule has 0 amide bonds. The second-order valence-electron chi connectivity index (χ2n) is 3.49. The van der Waals surface area contributed by atoms with Crippen molar-refractivity contribution in [3.63, 3.8) is 0 Å². The number of aromatic nitrogens is 3. The number of rotatable bonds is 2. The van der Waals surface area contributed by atoms with Crippen molar-refractivity contribution in [1.82, 2.24) is 19.7 Å². The average molecular weight is 181 g/mol.